The quantitative estimate of drug-likeness (QED) is 0.531. The number of nitrogens with one attached hydrogen (secondary N) is 1. The molecule has 168 valence electrons. The zero-order valence-electron chi connectivity index (χ0n) is 18.1. The van der Waals surface area contributed by atoms with Gasteiger partial charge in [-0.1, -0.05) is 23.8 Å². The lowest BCUT2D eigenvalue weighted by Gasteiger charge is -2.24. The summed E-state index contributed by atoms with van der Waals surface area (Å²) in [6.07, 6.45) is -0.0328. The summed E-state index contributed by atoms with van der Waals surface area (Å²) in [5.74, 6) is -0.472. The van der Waals surface area contributed by atoms with Crippen molar-refractivity contribution in [2.45, 2.75) is 31.8 Å². The van der Waals surface area contributed by atoms with Gasteiger partial charge in [-0.05, 0) is 69.3 Å². The molecule has 0 spiro atoms. The molecule has 0 atom stereocenters. The van der Waals surface area contributed by atoms with E-state index < -0.39 is 28.3 Å². The van der Waals surface area contributed by atoms with E-state index in [9.17, 15) is 17.6 Å². The predicted octanol–water partition coefficient (Wildman–Crippen LogP) is 4.76. The number of amides is 1. The van der Waals surface area contributed by atoms with Crippen molar-refractivity contribution in [2.24, 2.45) is 0 Å². The highest BCUT2D eigenvalue weighted by Gasteiger charge is 2.27. The first-order chi connectivity index (χ1) is 15.1. The third kappa shape index (κ3) is 5.85. The Balaban J connectivity index is 1.88. The van der Waals surface area contributed by atoms with Gasteiger partial charge in [0.15, 0.2) is 0 Å². The summed E-state index contributed by atoms with van der Waals surface area (Å²) in [5, 5.41) is 2.70. The van der Waals surface area contributed by atoms with Crippen LogP contribution in [0.2, 0.25) is 0 Å². The molecule has 3 aromatic rings. The van der Waals surface area contributed by atoms with Crippen molar-refractivity contribution in [1.29, 1.82) is 0 Å². The maximum atomic E-state index is 13.4. The number of ether oxygens (including phenoxy) is 1. The molecule has 0 aliphatic carbocycles. The van der Waals surface area contributed by atoms with E-state index >= 15 is 0 Å². The molecule has 1 amide bonds. The van der Waals surface area contributed by atoms with Crippen molar-refractivity contribution in [3.05, 3.63) is 84.2 Å². The lowest BCUT2D eigenvalue weighted by Crippen LogP contribution is -2.38. The molecule has 0 heterocycles. The van der Waals surface area contributed by atoms with E-state index in [1.165, 1.54) is 24.3 Å². The Morgan fingerprint density at radius 2 is 1.69 bits per heavy atom. The van der Waals surface area contributed by atoms with Crippen LogP contribution in [0.25, 0.3) is 0 Å². The Morgan fingerprint density at radius 1 is 1.03 bits per heavy atom. The number of anilines is 2. The second-order valence-corrected chi connectivity index (χ2v) is 9.41. The minimum atomic E-state index is -4.07. The molecule has 0 aromatic heterocycles. The van der Waals surface area contributed by atoms with Gasteiger partial charge in [0.1, 0.15) is 18.1 Å². The Hall–Kier alpha value is -3.39. The summed E-state index contributed by atoms with van der Waals surface area (Å²) < 4.78 is 46.7. The number of aryl methyl sites for hydroxylation is 1. The first-order valence-corrected chi connectivity index (χ1v) is 11.5. The molecule has 8 heteroatoms. The smallest absolute Gasteiger partial charge is 0.264 e. The molecule has 0 aliphatic rings. The Kier molecular flexibility index (Phi) is 7.15. The minimum absolute atomic E-state index is 0.0328. The van der Waals surface area contributed by atoms with Gasteiger partial charge in [0.2, 0.25) is 5.91 Å². The van der Waals surface area contributed by atoms with E-state index in [2.05, 4.69) is 5.32 Å². The number of benzene rings is 3. The molecular formula is C24H25FN2O4S. The molecular weight excluding hydrogens is 431 g/mol. The van der Waals surface area contributed by atoms with Crippen LogP contribution >= 0.6 is 0 Å². The molecule has 0 bridgehead atoms. The van der Waals surface area contributed by atoms with Crippen LogP contribution in [0.3, 0.4) is 0 Å². The van der Waals surface area contributed by atoms with Gasteiger partial charge in [0.05, 0.1) is 16.7 Å². The van der Waals surface area contributed by atoms with Gasteiger partial charge in [0.25, 0.3) is 10.0 Å². The highest BCUT2D eigenvalue weighted by molar-refractivity contribution is 7.92. The molecule has 3 rings (SSSR count). The molecule has 3 aromatic carbocycles. The molecule has 0 unspecified atom stereocenters. The first kappa shape index (κ1) is 23.3. The number of hydrogen-bond donors (Lipinski definition) is 1. The van der Waals surface area contributed by atoms with Crippen LogP contribution in [0.15, 0.2) is 77.7 Å². The molecule has 0 fully saturated rings. The average Bonchev–Trinajstić information content (AvgIpc) is 2.73. The van der Waals surface area contributed by atoms with Crippen molar-refractivity contribution in [3.8, 4) is 5.75 Å². The number of hydrogen-bond acceptors (Lipinski definition) is 4. The van der Waals surface area contributed by atoms with Crippen LogP contribution in [-0.4, -0.2) is 27.0 Å². The lowest BCUT2D eigenvalue weighted by molar-refractivity contribution is -0.114. The average molecular weight is 457 g/mol. The van der Waals surface area contributed by atoms with Crippen molar-refractivity contribution >= 4 is 27.3 Å². The summed E-state index contributed by atoms with van der Waals surface area (Å²) in [7, 11) is -4.07. The molecule has 6 nitrogen and oxygen atoms in total. The summed E-state index contributed by atoms with van der Waals surface area (Å²) in [6.45, 7) is 5.14. The maximum Gasteiger partial charge on any atom is 0.264 e. The number of halogens is 1. The Morgan fingerprint density at radius 3 is 2.31 bits per heavy atom. The van der Waals surface area contributed by atoms with Crippen LogP contribution in [0, 0.1) is 12.7 Å². The van der Waals surface area contributed by atoms with Crippen molar-refractivity contribution in [1.82, 2.24) is 0 Å². The fourth-order valence-electron chi connectivity index (χ4n) is 3.01. The highest BCUT2D eigenvalue weighted by Crippen LogP contribution is 2.25. The van der Waals surface area contributed by atoms with Crippen molar-refractivity contribution < 1.29 is 22.3 Å². The van der Waals surface area contributed by atoms with E-state index in [1.807, 2.05) is 20.8 Å². The summed E-state index contributed by atoms with van der Waals surface area (Å²) >= 11 is 0. The summed E-state index contributed by atoms with van der Waals surface area (Å²) in [4.78, 5) is 12.8. The molecule has 0 saturated carbocycles. The van der Waals surface area contributed by atoms with Gasteiger partial charge in [-0.2, -0.15) is 0 Å². The summed E-state index contributed by atoms with van der Waals surface area (Å²) in [6, 6.07) is 18.1. The van der Waals surface area contributed by atoms with Crippen molar-refractivity contribution in [2.75, 3.05) is 16.2 Å². The monoisotopic (exact) mass is 456 g/mol. The first-order valence-electron chi connectivity index (χ1n) is 10.1. The Labute approximate surface area is 187 Å². The van der Waals surface area contributed by atoms with Crippen molar-refractivity contribution in [3.63, 3.8) is 0 Å². The number of rotatable bonds is 8. The molecule has 0 radical (unpaired) electrons. The highest BCUT2D eigenvalue weighted by atomic mass is 32.2. The fraction of sp³-hybridized carbons (Fsp3) is 0.208. The minimum Gasteiger partial charge on any atom is -0.491 e. The van der Waals surface area contributed by atoms with E-state index in [4.69, 9.17) is 4.74 Å². The standard InChI is InChI=1S/C24H25FN2O4S/c1-17(2)31-22-6-4-5-20(15-22)26-24(28)16-27(21-11-9-19(25)10-12-21)32(29,30)23-13-7-18(3)8-14-23/h4-15,17H,16H2,1-3H3,(H,26,28). The number of carbonyl (C=O) groups is 1. The van der Waals surface area contributed by atoms with Crippen LogP contribution < -0.4 is 14.4 Å². The van der Waals surface area contributed by atoms with E-state index in [0.717, 1.165) is 22.0 Å². The van der Waals surface area contributed by atoms with Crippen LogP contribution in [0.4, 0.5) is 15.8 Å². The van der Waals surface area contributed by atoms with Gasteiger partial charge in [-0.3, -0.25) is 9.10 Å². The zero-order valence-corrected chi connectivity index (χ0v) is 18.9. The van der Waals surface area contributed by atoms with Gasteiger partial charge in [-0.15, -0.1) is 0 Å². The number of carbonyl (C=O) groups excluding carboxylic acids is 1. The van der Waals surface area contributed by atoms with E-state index in [0.29, 0.717) is 11.4 Å². The van der Waals surface area contributed by atoms with E-state index in [1.54, 1.807) is 36.4 Å². The SMILES string of the molecule is Cc1ccc(S(=O)(=O)N(CC(=O)Nc2cccc(OC(C)C)c2)c2ccc(F)cc2)cc1. The second-order valence-electron chi connectivity index (χ2n) is 7.54. The van der Waals surface area contributed by atoms with Gasteiger partial charge in [-0.25, -0.2) is 12.8 Å². The van der Waals surface area contributed by atoms with Crippen LogP contribution in [0.5, 0.6) is 5.75 Å². The van der Waals surface area contributed by atoms with Gasteiger partial charge >= 0.3 is 0 Å². The van der Waals surface area contributed by atoms with E-state index in [-0.39, 0.29) is 16.7 Å². The van der Waals surface area contributed by atoms with Crippen LogP contribution in [-0.2, 0) is 14.8 Å². The fourth-order valence-corrected chi connectivity index (χ4v) is 4.43. The molecule has 0 aliphatic heterocycles. The third-order valence-electron chi connectivity index (χ3n) is 4.50. The predicted molar refractivity (Wildman–Crippen MR) is 123 cm³/mol. The zero-order chi connectivity index (χ0) is 23.3. The van der Waals surface area contributed by atoms with Gasteiger partial charge in [0, 0.05) is 11.8 Å². The Bertz CT molecular complexity index is 1180. The molecule has 32 heavy (non-hydrogen) atoms. The number of sulfonamides is 1. The lowest BCUT2D eigenvalue weighted by atomic mass is 10.2. The molecule has 0 saturated heterocycles. The van der Waals surface area contributed by atoms with Gasteiger partial charge < -0.3 is 10.1 Å². The maximum absolute atomic E-state index is 13.4. The third-order valence-corrected chi connectivity index (χ3v) is 6.29. The molecule has 1 N–H and O–H groups in total. The largest absolute Gasteiger partial charge is 0.491 e. The topological polar surface area (TPSA) is 75.7 Å². The van der Waals surface area contributed by atoms with Crippen LogP contribution in [0.1, 0.15) is 19.4 Å². The number of nitrogens with zero attached hydrogens (tertiary/aromatic N) is 1. The normalized spacial score (nSPS) is 11.3. The summed E-state index contributed by atoms with van der Waals surface area (Å²) in [5.41, 5.74) is 1.55. The second kappa shape index (κ2) is 9.82.